The molecule has 0 spiro atoms. The zero-order valence-corrected chi connectivity index (χ0v) is 6.80. The summed E-state index contributed by atoms with van der Waals surface area (Å²) in [5.41, 5.74) is 4.22. The fourth-order valence-electron chi connectivity index (χ4n) is 1.35. The van der Waals surface area contributed by atoms with Gasteiger partial charge < -0.3 is 10.8 Å². The average molecular weight is 154 g/mol. The van der Waals surface area contributed by atoms with Crippen LogP contribution in [0.25, 0.3) is 0 Å². The van der Waals surface area contributed by atoms with Gasteiger partial charge in [-0.15, -0.1) is 0 Å². The summed E-state index contributed by atoms with van der Waals surface area (Å²) in [5.74, 6) is 0. The summed E-state index contributed by atoms with van der Waals surface area (Å²) in [7, 11) is 0. The Hall–Kier alpha value is -0.590. The number of hydrogen-bond acceptors (Lipinski definition) is 3. The van der Waals surface area contributed by atoms with Gasteiger partial charge in [-0.25, -0.2) is 0 Å². The van der Waals surface area contributed by atoms with Crippen LogP contribution in [-0.2, 0) is 0 Å². The largest absolute Gasteiger partial charge is 0.376 e. The van der Waals surface area contributed by atoms with E-state index in [-0.39, 0.29) is 5.41 Å². The summed E-state index contributed by atoms with van der Waals surface area (Å²) in [5, 5.41) is 18.1. The number of nitrogens with zero attached hydrogens (tertiary/aromatic N) is 1. The molecule has 0 bridgehead atoms. The lowest BCUT2D eigenvalue weighted by Gasteiger charge is -2.35. The van der Waals surface area contributed by atoms with E-state index < -0.39 is 5.72 Å². The summed E-state index contributed by atoms with van der Waals surface area (Å²) < 4.78 is 0. The van der Waals surface area contributed by atoms with E-state index in [4.69, 9.17) is 11.0 Å². The highest BCUT2D eigenvalue weighted by Gasteiger charge is 2.36. The summed E-state index contributed by atoms with van der Waals surface area (Å²) in [6, 6.07) is 2.25. The van der Waals surface area contributed by atoms with Crippen LogP contribution in [0.2, 0.25) is 0 Å². The van der Waals surface area contributed by atoms with Gasteiger partial charge in [0.05, 0.1) is 11.5 Å². The van der Waals surface area contributed by atoms with Crippen LogP contribution in [0.1, 0.15) is 32.6 Å². The van der Waals surface area contributed by atoms with E-state index in [2.05, 4.69) is 6.07 Å². The maximum absolute atomic E-state index is 9.37. The topological polar surface area (TPSA) is 70.0 Å². The molecule has 0 aromatic heterocycles. The molecule has 0 saturated heterocycles. The van der Waals surface area contributed by atoms with Crippen LogP contribution in [0, 0.1) is 16.7 Å². The molecule has 1 aliphatic carbocycles. The lowest BCUT2D eigenvalue weighted by molar-refractivity contribution is -0.0126. The Morgan fingerprint density at radius 1 is 1.36 bits per heavy atom. The van der Waals surface area contributed by atoms with Crippen molar-refractivity contribution >= 4 is 0 Å². The molecular weight excluding hydrogens is 140 g/mol. The van der Waals surface area contributed by atoms with E-state index in [1.54, 1.807) is 0 Å². The van der Waals surface area contributed by atoms with Gasteiger partial charge in [-0.3, -0.25) is 0 Å². The minimum absolute atomic E-state index is 0.258. The molecule has 1 rings (SSSR count). The number of aliphatic hydroxyl groups is 1. The van der Waals surface area contributed by atoms with Crippen molar-refractivity contribution in [2.24, 2.45) is 11.1 Å². The lowest BCUT2D eigenvalue weighted by atomic mass is 9.74. The first-order chi connectivity index (χ1) is 4.97. The molecule has 62 valence electrons. The summed E-state index contributed by atoms with van der Waals surface area (Å²) >= 11 is 0. The van der Waals surface area contributed by atoms with Gasteiger partial charge in [-0.1, -0.05) is 0 Å². The van der Waals surface area contributed by atoms with E-state index >= 15 is 0 Å². The van der Waals surface area contributed by atoms with E-state index in [0.29, 0.717) is 25.7 Å². The van der Waals surface area contributed by atoms with E-state index in [1.165, 1.54) is 0 Å². The minimum atomic E-state index is -1.02. The Bertz CT molecular complexity index is 183. The van der Waals surface area contributed by atoms with Crippen LogP contribution in [0.4, 0.5) is 0 Å². The second-order valence-electron chi connectivity index (χ2n) is 3.78. The average Bonchev–Trinajstić information content (AvgIpc) is 1.97. The van der Waals surface area contributed by atoms with E-state index in [0.717, 1.165) is 0 Å². The number of rotatable bonds is 0. The van der Waals surface area contributed by atoms with Crippen LogP contribution < -0.4 is 5.73 Å². The van der Waals surface area contributed by atoms with Crippen molar-refractivity contribution in [1.29, 1.82) is 5.26 Å². The smallest absolute Gasteiger partial charge is 0.113 e. The minimum Gasteiger partial charge on any atom is -0.376 e. The summed E-state index contributed by atoms with van der Waals surface area (Å²) in [6.07, 6.45) is 2.49. The molecule has 3 heteroatoms. The molecule has 0 aromatic rings. The Balaban J connectivity index is 2.56. The van der Waals surface area contributed by atoms with E-state index in [9.17, 15) is 5.11 Å². The molecule has 0 atom stereocenters. The fraction of sp³-hybridized carbons (Fsp3) is 0.875. The van der Waals surface area contributed by atoms with Gasteiger partial charge in [0.25, 0.3) is 0 Å². The third kappa shape index (κ3) is 1.92. The second-order valence-corrected chi connectivity index (χ2v) is 3.78. The molecule has 0 heterocycles. The first kappa shape index (κ1) is 8.51. The van der Waals surface area contributed by atoms with Crippen LogP contribution in [0.3, 0.4) is 0 Å². The zero-order chi connectivity index (χ0) is 8.54. The Kier molecular flexibility index (Phi) is 1.91. The molecule has 0 amide bonds. The third-order valence-electron chi connectivity index (χ3n) is 2.49. The number of hydrogen-bond donors (Lipinski definition) is 2. The Labute approximate surface area is 66.8 Å². The molecule has 0 radical (unpaired) electrons. The first-order valence-electron chi connectivity index (χ1n) is 3.90. The molecule has 11 heavy (non-hydrogen) atoms. The standard InChI is InChI=1S/C8H14N2O/c1-7(6-9)2-4-8(10,11)5-3-7/h11H,2-5,10H2,1H3. The maximum atomic E-state index is 9.37. The predicted molar refractivity (Wildman–Crippen MR) is 41.3 cm³/mol. The van der Waals surface area contributed by atoms with E-state index in [1.807, 2.05) is 6.92 Å². The molecule has 0 aromatic carbocycles. The molecule has 0 aliphatic heterocycles. The monoisotopic (exact) mass is 154 g/mol. The maximum Gasteiger partial charge on any atom is 0.113 e. The predicted octanol–water partition coefficient (Wildman–Crippen LogP) is 0.738. The van der Waals surface area contributed by atoms with Gasteiger partial charge in [0.1, 0.15) is 5.72 Å². The number of nitriles is 1. The van der Waals surface area contributed by atoms with Gasteiger partial charge in [0.2, 0.25) is 0 Å². The van der Waals surface area contributed by atoms with Crippen molar-refractivity contribution < 1.29 is 5.11 Å². The molecule has 3 N–H and O–H groups in total. The molecular formula is C8H14N2O. The SMILES string of the molecule is CC1(C#N)CCC(N)(O)CC1. The zero-order valence-electron chi connectivity index (χ0n) is 6.80. The summed E-state index contributed by atoms with van der Waals surface area (Å²) in [4.78, 5) is 0. The molecule has 0 unspecified atom stereocenters. The normalized spacial score (nSPS) is 44.9. The fourth-order valence-corrected chi connectivity index (χ4v) is 1.35. The highest BCUT2D eigenvalue weighted by atomic mass is 16.3. The second kappa shape index (κ2) is 2.47. The lowest BCUT2D eigenvalue weighted by Crippen LogP contribution is -2.45. The molecule has 1 aliphatic rings. The summed E-state index contributed by atoms with van der Waals surface area (Å²) in [6.45, 7) is 1.92. The van der Waals surface area contributed by atoms with Crippen molar-refractivity contribution in [3.05, 3.63) is 0 Å². The van der Waals surface area contributed by atoms with Crippen LogP contribution in [-0.4, -0.2) is 10.8 Å². The van der Waals surface area contributed by atoms with Crippen molar-refractivity contribution in [3.8, 4) is 6.07 Å². The van der Waals surface area contributed by atoms with Gasteiger partial charge in [-0.05, 0) is 32.6 Å². The Morgan fingerprint density at radius 3 is 2.18 bits per heavy atom. The van der Waals surface area contributed by atoms with Gasteiger partial charge in [-0.2, -0.15) is 5.26 Å². The highest BCUT2D eigenvalue weighted by molar-refractivity contribution is 5.00. The van der Waals surface area contributed by atoms with Gasteiger partial charge >= 0.3 is 0 Å². The van der Waals surface area contributed by atoms with Crippen molar-refractivity contribution in [3.63, 3.8) is 0 Å². The first-order valence-corrected chi connectivity index (χ1v) is 3.90. The molecule has 1 saturated carbocycles. The van der Waals surface area contributed by atoms with Crippen LogP contribution >= 0.6 is 0 Å². The molecule has 3 nitrogen and oxygen atoms in total. The highest BCUT2D eigenvalue weighted by Crippen LogP contribution is 2.37. The third-order valence-corrected chi connectivity index (χ3v) is 2.49. The van der Waals surface area contributed by atoms with Crippen LogP contribution in [0.15, 0.2) is 0 Å². The quantitative estimate of drug-likeness (QED) is 0.505. The Morgan fingerprint density at radius 2 is 1.82 bits per heavy atom. The molecule has 1 fully saturated rings. The van der Waals surface area contributed by atoms with Crippen molar-refractivity contribution in [1.82, 2.24) is 0 Å². The van der Waals surface area contributed by atoms with Crippen LogP contribution in [0.5, 0.6) is 0 Å². The van der Waals surface area contributed by atoms with Gasteiger partial charge in [0.15, 0.2) is 0 Å². The number of nitrogens with two attached hydrogens (primary N) is 1. The van der Waals surface area contributed by atoms with Crippen molar-refractivity contribution in [2.45, 2.75) is 38.3 Å². The van der Waals surface area contributed by atoms with Crippen molar-refractivity contribution in [2.75, 3.05) is 0 Å². The van der Waals surface area contributed by atoms with Gasteiger partial charge in [0, 0.05) is 0 Å².